The molecule has 3 rings (SSSR count). The Labute approximate surface area is 101 Å². The molecule has 17 heavy (non-hydrogen) atoms. The van der Waals surface area contributed by atoms with Crippen LogP contribution in [0.3, 0.4) is 0 Å². The van der Waals surface area contributed by atoms with Crippen LogP contribution in [0.4, 0.5) is 5.69 Å². The van der Waals surface area contributed by atoms with Crippen molar-refractivity contribution in [2.75, 3.05) is 38.1 Å². The van der Waals surface area contributed by atoms with Gasteiger partial charge >= 0.3 is 0 Å². The number of likely N-dealkylation sites (N-methyl/N-ethyl adjacent to an activating group) is 1. The van der Waals surface area contributed by atoms with E-state index in [9.17, 15) is 0 Å². The van der Waals surface area contributed by atoms with Gasteiger partial charge in [0.2, 0.25) is 0 Å². The van der Waals surface area contributed by atoms with E-state index in [0.29, 0.717) is 0 Å². The smallest absolute Gasteiger partial charge is 0.159 e. The van der Waals surface area contributed by atoms with Crippen LogP contribution in [0.15, 0.2) is 18.5 Å². The standard InChI is InChI=1S/C12H17N5/c1-15-5-7-17(8-6-15)11-3-4-13-12-10(11)9-14-16(12)2/h3-4,9H,5-8H2,1-2H3. The second-order valence-electron chi connectivity index (χ2n) is 4.63. The molecule has 0 aromatic carbocycles. The maximum absolute atomic E-state index is 4.37. The van der Waals surface area contributed by atoms with E-state index < -0.39 is 0 Å². The van der Waals surface area contributed by atoms with E-state index in [1.807, 2.05) is 24.1 Å². The van der Waals surface area contributed by atoms with Crippen LogP contribution in [0.25, 0.3) is 11.0 Å². The molecule has 5 heteroatoms. The van der Waals surface area contributed by atoms with Crippen molar-refractivity contribution >= 4 is 16.7 Å². The minimum Gasteiger partial charge on any atom is -0.368 e. The summed E-state index contributed by atoms with van der Waals surface area (Å²) in [5.74, 6) is 0. The van der Waals surface area contributed by atoms with Crippen molar-refractivity contribution in [1.29, 1.82) is 0 Å². The first-order valence-corrected chi connectivity index (χ1v) is 5.96. The predicted molar refractivity (Wildman–Crippen MR) is 68.2 cm³/mol. The van der Waals surface area contributed by atoms with Crippen LogP contribution in [-0.4, -0.2) is 52.9 Å². The summed E-state index contributed by atoms with van der Waals surface area (Å²) < 4.78 is 1.83. The van der Waals surface area contributed by atoms with Crippen molar-refractivity contribution in [1.82, 2.24) is 19.7 Å². The van der Waals surface area contributed by atoms with Crippen molar-refractivity contribution in [3.8, 4) is 0 Å². The molecule has 0 spiro atoms. The first kappa shape index (κ1) is 10.5. The lowest BCUT2D eigenvalue weighted by molar-refractivity contribution is 0.313. The molecule has 1 aliphatic rings. The summed E-state index contributed by atoms with van der Waals surface area (Å²) in [4.78, 5) is 9.16. The number of rotatable bonds is 1. The van der Waals surface area contributed by atoms with Crippen molar-refractivity contribution in [3.63, 3.8) is 0 Å². The van der Waals surface area contributed by atoms with E-state index in [4.69, 9.17) is 0 Å². The summed E-state index contributed by atoms with van der Waals surface area (Å²) in [7, 11) is 4.10. The maximum atomic E-state index is 4.37. The third-order valence-electron chi connectivity index (χ3n) is 3.46. The molecule has 1 fully saturated rings. The average molecular weight is 231 g/mol. The Morgan fingerprint density at radius 3 is 2.65 bits per heavy atom. The van der Waals surface area contributed by atoms with Crippen LogP contribution in [0.1, 0.15) is 0 Å². The number of aromatic nitrogens is 3. The molecule has 0 unspecified atom stereocenters. The van der Waals surface area contributed by atoms with Gasteiger partial charge in [0, 0.05) is 39.4 Å². The summed E-state index contributed by atoms with van der Waals surface area (Å²) in [6.07, 6.45) is 3.79. The highest BCUT2D eigenvalue weighted by atomic mass is 15.3. The van der Waals surface area contributed by atoms with Crippen LogP contribution in [0, 0.1) is 0 Å². The van der Waals surface area contributed by atoms with E-state index in [1.54, 1.807) is 0 Å². The summed E-state index contributed by atoms with van der Waals surface area (Å²) in [6.45, 7) is 4.38. The van der Waals surface area contributed by atoms with Gasteiger partial charge in [-0.1, -0.05) is 0 Å². The fraction of sp³-hybridized carbons (Fsp3) is 0.500. The molecule has 1 aliphatic heterocycles. The molecule has 2 aromatic rings. The molecule has 1 saturated heterocycles. The molecule has 3 heterocycles. The Hall–Kier alpha value is -1.62. The Morgan fingerprint density at radius 2 is 1.88 bits per heavy atom. The molecule has 0 N–H and O–H groups in total. The van der Waals surface area contributed by atoms with E-state index in [0.717, 1.165) is 37.2 Å². The van der Waals surface area contributed by atoms with Gasteiger partial charge in [-0.15, -0.1) is 0 Å². The van der Waals surface area contributed by atoms with Crippen molar-refractivity contribution in [2.24, 2.45) is 7.05 Å². The van der Waals surface area contributed by atoms with Crippen LogP contribution in [0.5, 0.6) is 0 Å². The number of hydrogen-bond donors (Lipinski definition) is 0. The SMILES string of the molecule is CN1CCN(c2ccnc3c2cnn3C)CC1. The van der Waals surface area contributed by atoms with Gasteiger partial charge in [0.05, 0.1) is 17.3 Å². The quantitative estimate of drug-likeness (QED) is 0.725. The average Bonchev–Trinajstić information content (AvgIpc) is 2.73. The van der Waals surface area contributed by atoms with E-state index in [-0.39, 0.29) is 0 Å². The molecule has 0 bridgehead atoms. The van der Waals surface area contributed by atoms with Gasteiger partial charge in [-0.25, -0.2) is 4.98 Å². The number of pyridine rings is 1. The number of nitrogens with zero attached hydrogens (tertiary/aromatic N) is 5. The van der Waals surface area contributed by atoms with Gasteiger partial charge in [0.25, 0.3) is 0 Å². The summed E-state index contributed by atoms with van der Waals surface area (Å²) >= 11 is 0. The topological polar surface area (TPSA) is 37.2 Å². The lowest BCUT2D eigenvalue weighted by Gasteiger charge is -2.34. The minimum atomic E-state index is 0.960. The van der Waals surface area contributed by atoms with Gasteiger partial charge in [-0.05, 0) is 13.1 Å². The third-order valence-corrected chi connectivity index (χ3v) is 3.46. The second kappa shape index (κ2) is 4.00. The van der Waals surface area contributed by atoms with Gasteiger partial charge in [-0.3, -0.25) is 4.68 Å². The van der Waals surface area contributed by atoms with Crippen LogP contribution >= 0.6 is 0 Å². The zero-order valence-corrected chi connectivity index (χ0v) is 10.3. The lowest BCUT2D eigenvalue weighted by Crippen LogP contribution is -2.44. The Morgan fingerprint density at radius 1 is 1.12 bits per heavy atom. The number of hydrogen-bond acceptors (Lipinski definition) is 4. The summed E-state index contributed by atoms with van der Waals surface area (Å²) in [5.41, 5.74) is 2.22. The van der Waals surface area contributed by atoms with Crippen LogP contribution in [-0.2, 0) is 7.05 Å². The van der Waals surface area contributed by atoms with Gasteiger partial charge in [0.15, 0.2) is 5.65 Å². The highest BCUT2D eigenvalue weighted by Crippen LogP contribution is 2.25. The minimum absolute atomic E-state index is 0.960. The fourth-order valence-corrected chi connectivity index (χ4v) is 2.36. The molecule has 5 nitrogen and oxygen atoms in total. The number of fused-ring (bicyclic) bond motifs is 1. The molecule has 2 aromatic heterocycles. The zero-order valence-electron chi connectivity index (χ0n) is 10.3. The van der Waals surface area contributed by atoms with Crippen LogP contribution < -0.4 is 4.90 Å². The Balaban J connectivity index is 2.00. The molecular formula is C12H17N5. The largest absolute Gasteiger partial charge is 0.368 e. The maximum Gasteiger partial charge on any atom is 0.159 e. The van der Waals surface area contributed by atoms with E-state index in [2.05, 4.69) is 33.0 Å². The monoisotopic (exact) mass is 231 g/mol. The van der Waals surface area contributed by atoms with Crippen molar-refractivity contribution in [2.45, 2.75) is 0 Å². The first-order valence-electron chi connectivity index (χ1n) is 5.96. The fourth-order valence-electron chi connectivity index (χ4n) is 2.36. The van der Waals surface area contributed by atoms with Crippen molar-refractivity contribution in [3.05, 3.63) is 18.5 Å². The molecule has 0 radical (unpaired) electrons. The van der Waals surface area contributed by atoms with Gasteiger partial charge in [-0.2, -0.15) is 5.10 Å². The Kier molecular flexibility index (Phi) is 2.48. The molecule has 90 valence electrons. The zero-order chi connectivity index (χ0) is 11.8. The highest BCUT2D eigenvalue weighted by Gasteiger charge is 2.17. The normalized spacial score (nSPS) is 17.9. The predicted octanol–water partition coefficient (Wildman–Crippen LogP) is 0.720. The van der Waals surface area contributed by atoms with Gasteiger partial charge in [0.1, 0.15) is 0 Å². The second-order valence-corrected chi connectivity index (χ2v) is 4.63. The molecule has 0 amide bonds. The number of piperazine rings is 1. The molecule has 0 aliphatic carbocycles. The van der Waals surface area contributed by atoms with Crippen molar-refractivity contribution < 1.29 is 0 Å². The molecule has 0 saturated carbocycles. The number of aryl methyl sites for hydroxylation is 1. The Bertz CT molecular complexity index is 525. The van der Waals surface area contributed by atoms with Gasteiger partial charge < -0.3 is 9.80 Å². The summed E-state index contributed by atoms with van der Waals surface area (Å²) in [6, 6.07) is 2.09. The summed E-state index contributed by atoms with van der Waals surface area (Å²) in [5, 5.41) is 5.44. The van der Waals surface area contributed by atoms with E-state index >= 15 is 0 Å². The highest BCUT2D eigenvalue weighted by molar-refractivity contribution is 5.89. The van der Waals surface area contributed by atoms with E-state index in [1.165, 1.54) is 5.69 Å². The lowest BCUT2D eigenvalue weighted by atomic mass is 10.2. The third kappa shape index (κ3) is 1.76. The number of anilines is 1. The molecule has 0 atom stereocenters. The van der Waals surface area contributed by atoms with Crippen LogP contribution in [0.2, 0.25) is 0 Å². The molecular weight excluding hydrogens is 214 g/mol. The first-order chi connectivity index (χ1) is 8.25.